The first kappa shape index (κ1) is 21.5. The van der Waals surface area contributed by atoms with Crippen molar-refractivity contribution in [3.05, 3.63) is 47.9 Å². The van der Waals surface area contributed by atoms with Crippen molar-refractivity contribution in [2.75, 3.05) is 13.1 Å². The van der Waals surface area contributed by atoms with E-state index >= 15 is 0 Å². The summed E-state index contributed by atoms with van der Waals surface area (Å²) < 4.78 is 1.75. The number of nitrogens with one attached hydrogen (secondary N) is 1. The minimum atomic E-state index is 0. The fourth-order valence-electron chi connectivity index (χ4n) is 4.40. The molecule has 0 spiro atoms. The summed E-state index contributed by atoms with van der Waals surface area (Å²) in [6.07, 6.45) is 4.94. The molecule has 2 unspecified atom stereocenters. The van der Waals surface area contributed by atoms with E-state index in [1.165, 1.54) is 0 Å². The average molecular weight is 435 g/mol. The van der Waals surface area contributed by atoms with Gasteiger partial charge >= 0.3 is 0 Å². The first-order valence-electron chi connectivity index (χ1n) is 9.53. The van der Waals surface area contributed by atoms with Crippen LogP contribution in [-0.2, 0) is 0 Å². The van der Waals surface area contributed by atoms with Gasteiger partial charge in [-0.1, -0.05) is 11.3 Å². The lowest BCUT2D eigenvalue weighted by atomic mass is 10.1. The number of hydrogen-bond donors (Lipinski definition) is 1. The number of rotatable bonds is 2. The van der Waals surface area contributed by atoms with Gasteiger partial charge < -0.3 is 10.2 Å². The molecular weight excluding hydrogens is 411 g/mol. The molecule has 0 saturated carbocycles. The molecule has 1 aromatic carbocycles. The predicted octanol–water partition coefficient (Wildman–Crippen LogP) is 2.93. The summed E-state index contributed by atoms with van der Waals surface area (Å²) in [5, 5.41) is 13.0. The number of benzene rings is 1. The topological polar surface area (TPSA) is 75.9 Å². The predicted molar refractivity (Wildman–Crippen MR) is 116 cm³/mol. The second kappa shape index (κ2) is 8.65. The number of nitrogens with zero attached hydrogens (tertiary/aromatic N) is 5. The first-order chi connectivity index (χ1) is 13.2. The van der Waals surface area contributed by atoms with Crippen molar-refractivity contribution >= 4 is 41.6 Å². The van der Waals surface area contributed by atoms with E-state index in [2.05, 4.69) is 20.6 Å². The molecule has 2 aliphatic heterocycles. The third kappa shape index (κ3) is 3.70. The fourth-order valence-corrected chi connectivity index (χ4v) is 4.40. The molecule has 2 bridgehead atoms. The van der Waals surface area contributed by atoms with E-state index in [1.807, 2.05) is 42.2 Å². The number of hydrogen-bond acceptors (Lipinski definition) is 5. The third-order valence-corrected chi connectivity index (χ3v) is 5.82. The molecule has 2 aromatic heterocycles. The molecule has 4 heterocycles. The van der Waals surface area contributed by atoms with Crippen molar-refractivity contribution in [1.29, 1.82) is 0 Å². The van der Waals surface area contributed by atoms with Crippen molar-refractivity contribution in [3.8, 4) is 5.69 Å². The van der Waals surface area contributed by atoms with Crippen LogP contribution in [0.4, 0.5) is 0 Å². The molecule has 0 aliphatic carbocycles. The molecule has 2 saturated heterocycles. The Morgan fingerprint density at radius 1 is 1.14 bits per heavy atom. The van der Waals surface area contributed by atoms with Gasteiger partial charge in [-0.25, -0.2) is 4.68 Å². The number of pyridine rings is 1. The zero-order chi connectivity index (χ0) is 18.4. The molecular formula is C20H24Cl2N6O. The minimum Gasteiger partial charge on any atom is -0.330 e. The SMILES string of the molecule is Cc1c(C(=O)N2C3CCNCC2CC3)nnn1-c1ccc2ncccc2c1.Cl.Cl. The maximum atomic E-state index is 13.3. The molecule has 2 aliphatic rings. The van der Waals surface area contributed by atoms with Crippen LogP contribution < -0.4 is 5.32 Å². The van der Waals surface area contributed by atoms with E-state index < -0.39 is 0 Å². The van der Waals surface area contributed by atoms with Crippen LogP contribution in [0.5, 0.6) is 0 Å². The standard InChI is InChI=1S/C20H22N6O.2ClH/c1-13-19(20(27)25-15-4-5-17(25)12-21-10-8-15)23-24-26(13)16-6-7-18-14(11-16)3-2-9-22-18;;/h2-3,6-7,9,11,15,17,21H,4-5,8,10,12H2,1H3;2*1H. The Morgan fingerprint density at radius 3 is 2.83 bits per heavy atom. The van der Waals surface area contributed by atoms with Crippen LogP contribution in [0.1, 0.15) is 35.4 Å². The highest BCUT2D eigenvalue weighted by molar-refractivity contribution is 5.94. The molecule has 2 fully saturated rings. The fraction of sp³-hybridized carbons (Fsp3) is 0.400. The van der Waals surface area contributed by atoms with Crippen molar-refractivity contribution in [1.82, 2.24) is 30.2 Å². The lowest BCUT2D eigenvalue weighted by Gasteiger charge is -2.27. The summed E-state index contributed by atoms with van der Waals surface area (Å²) in [4.78, 5) is 19.7. The molecule has 0 radical (unpaired) electrons. The molecule has 9 heteroatoms. The van der Waals surface area contributed by atoms with E-state index in [9.17, 15) is 4.79 Å². The molecule has 154 valence electrons. The van der Waals surface area contributed by atoms with Gasteiger partial charge in [0.05, 0.1) is 16.9 Å². The van der Waals surface area contributed by atoms with Gasteiger partial charge in [0, 0.05) is 30.2 Å². The van der Waals surface area contributed by atoms with Crippen molar-refractivity contribution in [2.24, 2.45) is 0 Å². The van der Waals surface area contributed by atoms with Crippen LogP contribution in [0.3, 0.4) is 0 Å². The zero-order valence-electron chi connectivity index (χ0n) is 16.1. The molecule has 3 aromatic rings. The summed E-state index contributed by atoms with van der Waals surface area (Å²) in [6.45, 7) is 3.76. The summed E-state index contributed by atoms with van der Waals surface area (Å²) in [5.41, 5.74) is 3.06. The largest absolute Gasteiger partial charge is 0.330 e. The molecule has 29 heavy (non-hydrogen) atoms. The summed E-state index contributed by atoms with van der Waals surface area (Å²) >= 11 is 0. The van der Waals surface area contributed by atoms with Gasteiger partial charge in [0.2, 0.25) is 0 Å². The number of amides is 1. The Labute approximate surface area is 181 Å². The number of fused-ring (bicyclic) bond motifs is 3. The van der Waals surface area contributed by atoms with Gasteiger partial charge in [-0.2, -0.15) is 0 Å². The molecule has 5 rings (SSSR count). The Bertz CT molecular complexity index is 1010. The highest BCUT2D eigenvalue weighted by atomic mass is 35.5. The van der Waals surface area contributed by atoms with Crippen LogP contribution in [0, 0.1) is 6.92 Å². The lowest BCUT2D eigenvalue weighted by molar-refractivity contribution is 0.0673. The lowest BCUT2D eigenvalue weighted by Crippen LogP contribution is -2.43. The van der Waals surface area contributed by atoms with E-state index in [-0.39, 0.29) is 36.8 Å². The van der Waals surface area contributed by atoms with Gasteiger partial charge in [0.1, 0.15) is 0 Å². The molecule has 1 N–H and O–H groups in total. The summed E-state index contributed by atoms with van der Waals surface area (Å²) in [6, 6.07) is 10.5. The second-order valence-electron chi connectivity index (χ2n) is 7.41. The number of carbonyl (C=O) groups excluding carboxylic acids is 1. The van der Waals surface area contributed by atoms with Crippen LogP contribution in [-0.4, -0.2) is 56.0 Å². The smallest absolute Gasteiger partial charge is 0.276 e. The maximum absolute atomic E-state index is 13.3. The zero-order valence-corrected chi connectivity index (χ0v) is 17.7. The van der Waals surface area contributed by atoms with Gasteiger partial charge in [-0.15, -0.1) is 29.9 Å². The van der Waals surface area contributed by atoms with Gasteiger partial charge in [0.15, 0.2) is 5.69 Å². The van der Waals surface area contributed by atoms with Gasteiger partial charge in [-0.05, 0) is 57.0 Å². The third-order valence-electron chi connectivity index (χ3n) is 5.82. The summed E-state index contributed by atoms with van der Waals surface area (Å²) in [7, 11) is 0. The molecule has 2 atom stereocenters. The Balaban J connectivity index is 0.00000120. The van der Waals surface area contributed by atoms with Crippen LogP contribution in [0.15, 0.2) is 36.5 Å². The van der Waals surface area contributed by atoms with Crippen LogP contribution >= 0.6 is 24.8 Å². The van der Waals surface area contributed by atoms with Crippen molar-refractivity contribution < 1.29 is 4.79 Å². The highest BCUT2D eigenvalue weighted by Crippen LogP contribution is 2.30. The van der Waals surface area contributed by atoms with Crippen LogP contribution in [0.25, 0.3) is 16.6 Å². The van der Waals surface area contributed by atoms with Crippen molar-refractivity contribution in [3.63, 3.8) is 0 Å². The second-order valence-corrected chi connectivity index (χ2v) is 7.41. The Hall–Kier alpha value is -2.22. The Kier molecular flexibility index (Phi) is 6.41. The minimum absolute atomic E-state index is 0. The normalized spacial score (nSPS) is 20.7. The maximum Gasteiger partial charge on any atom is 0.276 e. The number of halogens is 2. The van der Waals surface area contributed by atoms with E-state index in [0.29, 0.717) is 11.7 Å². The van der Waals surface area contributed by atoms with Gasteiger partial charge in [0.25, 0.3) is 5.91 Å². The monoisotopic (exact) mass is 434 g/mol. The average Bonchev–Trinajstić information content (AvgIpc) is 3.19. The van der Waals surface area contributed by atoms with E-state index in [4.69, 9.17) is 0 Å². The highest BCUT2D eigenvalue weighted by Gasteiger charge is 2.39. The first-order valence-corrected chi connectivity index (χ1v) is 9.53. The molecule has 7 nitrogen and oxygen atoms in total. The quantitative estimate of drug-likeness (QED) is 0.670. The van der Waals surface area contributed by atoms with Gasteiger partial charge in [-0.3, -0.25) is 9.78 Å². The number of aromatic nitrogens is 4. The summed E-state index contributed by atoms with van der Waals surface area (Å²) in [5.74, 6) is 0.0115. The number of carbonyl (C=O) groups is 1. The van der Waals surface area contributed by atoms with E-state index in [1.54, 1.807) is 10.9 Å². The Morgan fingerprint density at radius 2 is 1.97 bits per heavy atom. The van der Waals surface area contributed by atoms with E-state index in [0.717, 1.165) is 54.6 Å². The van der Waals surface area contributed by atoms with Crippen molar-refractivity contribution in [2.45, 2.75) is 38.3 Å². The van der Waals surface area contributed by atoms with Crippen LogP contribution in [0.2, 0.25) is 0 Å². The molecule has 1 amide bonds.